The smallest absolute Gasteiger partial charge is 1.00 e. The minimum absolute atomic E-state index is 0. The Hall–Kier alpha value is -3.28. The van der Waals surface area contributed by atoms with Crippen LogP contribution in [0.5, 0.6) is 0 Å². The average molecular weight is 556 g/mol. The van der Waals surface area contributed by atoms with E-state index in [9.17, 15) is 19.1 Å². The number of benzene rings is 3. The molecule has 40 heavy (non-hydrogen) atoms. The molecular weight excluding hydrogens is 524 g/mol. The Balaban J connectivity index is 0.00000294. The summed E-state index contributed by atoms with van der Waals surface area (Å²) in [7, 11) is 1.55. The van der Waals surface area contributed by atoms with E-state index in [0.29, 0.717) is 40.4 Å². The Bertz CT molecular complexity index is 1480. The van der Waals surface area contributed by atoms with Crippen molar-refractivity contribution in [2.75, 3.05) is 19.1 Å². The third-order valence-corrected chi connectivity index (χ3v) is 7.14. The van der Waals surface area contributed by atoms with Crippen LogP contribution in [0.4, 0.5) is 4.39 Å². The number of methoxy groups -OCH3 is 1. The van der Waals surface area contributed by atoms with Crippen molar-refractivity contribution in [3.05, 3.63) is 107 Å². The zero-order valence-corrected chi connectivity index (χ0v) is 23.8. The molecule has 2 N–H and O–H groups in total. The van der Waals surface area contributed by atoms with E-state index >= 15 is 0 Å². The van der Waals surface area contributed by atoms with Crippen LogP contribution in [0.3, 0.4) is 0 Å². The molecule has 204 valence electrons. The molecule has 0 aliphatic heterocycles. The molecule has 0 radical (unpaired) electrons. The number of carbonyl (C=O) groups is 2. The summed E-state index contributed by atoms with van der Waals surface area (Å²) >= 11 is 1.52. The van der Waals surface area contributed by atoms with Crippen LogP contribution >= 0.6 is 11.8 Å². The Kier molecular flexibility index (Phi) is 11.2. The summed E-state index contributed by atoms with van der Waals surface area (Å²) in [6.45, 7) is 1.95. The molecule has 1 heterocycles. The number of aryl methyl sites for hydroxylation is 1. The quantitative estimate of drug-likeness (QED) is 0.274. The van der Waals surface area contributed by atoms with Crippen LogP contribution in [0.1, 0.15) is 41.2 Å². The molecule has 4 rings (SSSR count). The molecule has 9 heteroatoms. The largest absolute Gasteiger partial charge is 1.00 e. The molecule has 2 unspecified atom stereocenters. The van der Waals surface area contributed by atoms with E-state index in [4.69, 9.17) is 9.15 Å². The van der Waals surface area contributed by atoms with Gasteiger partial charge in [-0.1, -0.05) is 42.5 Å². The molecular formula is C31H31FLiNO5S. The van der Waals surface area contributed by atoms with Gasteiger partial charge in [0.15, 0.2) is 0 Å². The number of carbonyl (C=O) groups excluding carboxylic acids is 1. The molecule has 0 spiro atoms. The van der Waals surface area contributed by atoms with E-state index in [2.05, 4.69) is 5.32 Å². The van der Waals surface area contributed by atoms with Crippen LogP contribution in [-0.4, -0.2) is 42.1 Å². The maximum absolute atomic E-state index is 14.3. The van der Waals surface area contributed by atoms with Crippen LogP contribution in [0.15, 0.2) is 83.3 Å². The fourth-order valence-corrected chi connectivity index (χ4v) is 4.94. The molecule has 4 aromatic rings. The molecule has 0 aliphatic carbocycles. The first kappa shape index (κ1) is 31.2. The summed E-state index contributed by atoms with van der Waals surface area (Å²) in [6, 6.07) is 21.8. The van der Waals surface area contributed by atoms with Crippen LogP contribution in [0.2, 0.25) is 0 Å². The first-order valence-corrected chi connectivity index (χ1v) is 13.8. The molecule has 2 atom stereocenters. The predicted octanol–water partition coefficient (Wildman–Crippen LogP) is 3.85. The number of rotatable bonds is 11. The van der Waals surface area contributed by atoms with Crippen molar-refractivity contribution in [1.29, 1.82) is 0 Å². The number of carboxylic acid groups (broad SMARTS) is 1. The number of ether oxygens (including phenoxy) is 1. The number of carboxylic acids is 1. The van der Waals surface area contributed by atoms with Crippen molar-refractivity contribution in [3.63, 3.8) is 0 Å². The normalized spacial score (nSPS) is 12.3. The standard InChI is InChI=1S/C31H30FNO5S.Li.H/c1-19-8-4-5-9-21(19)24-18-20(12-13-22(24)30(34)33-26(31(35)36)16-17-39-3)29(37-2)28-15-14-27(38-28)23-10-6-7-11-25(23)32;;/h4-15,18,26,29H,16-17H2,1-3H3,(H,33,34)(H,35,36);;/q;+1;-1. The second-order valence-corrected chi connectivity index (χ2v) is 10.0. The number of halogens is 1. The molecule has 0 saturated heterocycles. The number of amides is 1. The summed E-state index contributed by atoms with van der Waals surface area (Å²) in [6.07, 6.45) is 1.58. The van der Waals surface area contributed by atoms with Crippen molar-refractivity contribution in [3.8, 4) is 22.5 Å². The van der Waals surface area contributed by atoms with Crippen molar-refractivity contribution in [2.24, 2.45) is 0 Å². The van der Waals surface area contributed by atoms with E-state index in [0.717, 1.165) is 16.7 Å². The van der Waals surface area contributed by atoms with E-state index in [1.54, 1.807) is 49.6 Å². The third kappa shape index (κ3) is 7.07. The van der Waals surface area contributed by atoms with Gasteiger partial charge in [-0.2, -0.15) is 11.8 Å². The van der Waals surface area contributed by atoms with E-state index in [1.165, 1.54) is 17.8 Å². The monoisotopic (exact) mass is 555 g/mol. The van der Waals surface area contributed by atoms with Gasteiger partial charge in [-0.3, -0.25) is 4.79 Å². The molecule has 0 saturated carbocycles. The Labute approximate surface area is 251 Å². The summed E-state index contributed by atoms with van der Waals surface area (Å²) < 4.78 is 26.1. The number of aliphatic carboxylic acids is 1. The molecule has 1 amide bonds. The Morgan fingerprint density at radius 3 is 2.38 bits per heavy atom. The Morgan fingerprint density at radius 2 is 1.73 bits per heavy atom. The first-order valence-electron chi connectivity index (χ1n) is 12.4. The second-order valence-electron chi connectivity index (χ2n) is 9.06. The molecule has 0 aliphatic rings. The average Bonchev–Trinajstić information content (AvgIpc) is 3.41. The Morgan fingerprint density at radius 1 is 1.02 bits per heavy atom. The van der Waals surface area contributed by atoms with Gasteiger partial charge in [0, 0.05) is 12.7 Å². The molecule has 1 aromatic heterocycles. The third-order valence-electron chi connectivity index (χ3n) is 6.50. The SMILES string of the molecule is COC(c1ccc(C(=O)NC(CCSC)C(=O)O)c(-c2ccccc2C)c1)c1ccc(-c2ccccc2F)o1.[H-].[Li+]. The van der Waals surface area contributed by atoms with Gasteiger partial charge in [0.05, 0.1) is 5.56 Å². The summed E-state index contributed by atoms with van der Waals surface area (Å²) in [5.74, 6) is -0.468. The summed E-state index contributed by atoms with van der Waals surface area (Å²) in [5.41, 5.74) is 3.85. The van der Waals surface area contributed by atoms with Crippen molar-refractivity contribution in [2.45, 2.75) is 25.5 Å². The van der Waals surface area contributed by atoms with Gasteiger partial charge in [-0.15, -0.1) is 0 Å². The number of nitrogens with one attached hydrogen (secondary N) is 1. The van der Waals surface area contributed by atoms with Gasteiger partial charge in [-0.25, -0.2) is 9.18 Å². The fraction of sp³-hybridized carbons (Fsp3) is 0.226. The van der Waals surface area contributed by atoms with E-state index in [1.807, 2.05) is 43.5 Å². The fourth-order valence-electron chi connectivity index (χ4n) is 4.47. The van der Waals surface area contributed by atoms with Gasteiger partial charge in [0.2, 0.25) is 0 Å². The maximum Gasteiger partial charge on any atom is 1.00 e. The predicted molar refractivity (Wildman–Crippen MR) is 153 cm³/mol. The van der Waals surface area contributed by atoms with Crippen molar-refractivity contribution < 1.29 is 48.5 Å². The van der Waals surface area contributed by atoms with Crippen LogP contribution < -0.4 is 24.2 Å². The second kappa shape index (κ2) is 14.4. The van der Waals surface area contributed by atoms with Gasteiger partial charge in [-0.05, 0) is 84.0 Å². The summed E-state index contributed by atoms with van der Waals surface area (Å²) in [4.78, 5) is 25.1. The zero-order valence-electron chi connectivity index (χ0n) is 23.9. The number of hydrogen-bond donors (Lipinski definition) is 2. The molecule has 0 bridgehead atoms. The van der Waals surface area contributed by atoms with Gasteiger partial charge < -0.3 is 21.0 Å². The number of thioether (sulfide) groups is 1. The maximum atomic E-state index is 14.3. The van der Waals surface area contributed by atoms with Crippen LogP contribution in [0.25, 0.3) is 22.5 Å². The van der Waals surface area contributed by atoms with E-state index < -0.39 is 24.0 Å². The minimum Gasteiger partial charge on any atom is -1.00 e. The van der Waals surface area contributed by atoms with Gasteiger partial charge in [0.1, 0.15) is 29.5 Å². The van der Waals surface area contributed by atoms with Crippen LogP contribution in [-0.2, 0) is 9.53 Å². The van der Waals surface area contributed by atoms with Gasteiger partial charge in [0.25, 0.3) is 5.91 Å². The van der Waals surface area contributed by atoms with Crippen LogP contribution in [0, 0.1) is 12.7 Å². The minimum atomic E-state index is -1.07. The molecule has 3 aromatic carbocycles. The van der Waals surface area contributed by atoms with E-state index in [-0.39, 0.29) is 26.1 Å². The topological polar surface area (TPSA) is 88.8 Å². The first-order chi connectivity index (χ1) is 18.8. The molecule has 6 nitrogen and oxygen atoms in total. The number of furan rings is 1. The zero-order chi connectivity index (χ0) is 27.9. The number of hydrogen-bond acceptors (Lipinski definition) is 5. The summed E-state index contributed by atoms with van der Waals surface area (Å²) in [5, 5.41) is 12.3. The van der Waals surface area contributed by atoms with Crippen molar-refractivity contribution >= 4 is 23.6 Å². The molecule has 0 fully saturated rings. The van der Waals surface area contributed by atoms with Gasteiger partial charge >= 0.3 is 24.8 Å². The van der Waals surface area contributed by atoms with Crippen molar-refractivity contribution in [1.82, 2.24) is 5.32 Å².